The molecule has 0 saturated heterocycles. The van der Waals surface area contributed by atoms with Gasteiger partial charge in [0.1, 0.15) is 23.2 Å². The average Bonchev–Trinajstić information content (AvgIpc) is 2.68. The molecule has 0 spiro atoms. The van der Waals surface area contributed by atoms with Gasteiger partial charge in [0.15, 0.2) is 0 Å². The third kappa shape index (κ3) is 3.93. The number of nitrogen functional groups attached to an aromatic ring is 1. The van der Waals surface area contributed by atoms with Gasteiger partial charge in [0.05, 0.1) is 12.3 Å². The van der Waals surface area contributed by atoms with Gasteiger partial charge in [0, 0.05) is 11.1 Å². The summed E-state index contributed by atoms with van der Waals surface area (Å²) >= 11 is 0. The van der Waals surface area contributed by atoms with E-state index in [1.54, 1.807) is 0 Å². The molecule has 0 aliphatic rings. The second-order valence-electron chi connectivity index (χ2n) is 6.60. The Kier molecular flexibility index (Phi) is 5.42. The molecule has 0 atom stereocenters. The molecule has 0 unspecified atom stereocenters. The number of aromatic nitrogens is 1. The average molecular weight is 357 g/mol. The maximum absolute atomic E-state index is 9.58. The summed E-state index contributed by atoms with van der Waals surface area (Å²) in [6.07, 6.45) is 0.959. The number of aryl methyl sites for hydroxylation is 2. The molecule has 3 aromatic rings. The lowest BCUT2D eigenvalue weighted by molar-refractivity contribution is 0.317. The number of nitriles is 1. The highest BCUT2D eigenvalue weighted by atomic mass is 16.5. The highest BCUT2D eigenvalue weighted by molar-refractivity contribution is 5.80. The molecular weight excluding hydrogens is 334 g/mol. The fraction of sp³-hybridized carbons (Fsp3) is 0.217. The molecule has 0 amide bonds. The zero-order valence-electron chi connectivity index (χ0n) is 15.9. The number of nitrogens with two attached hydrogens (primary N) is 1. The lowest BCUT2D eigenvalue weighted by atomic mass is 9.97. The van der Waals surface area contributed by atoms with Crippen LogP contribution in [0.2, 0.25) is 0 Å². The van der Waals surface area contributed by atoms with Crippen LogP contribution in [0.4, 0.5) is 5.82 Å². The number of nitrogens with zero attached hydrogens (tertiary/aromatic N) is 2. The molecule has 0 aliphatic carbocycles. The minimum absolute atomic E-state index is 0.245. The first kappa shape index (κ1) is 18.5. The third-order valence-corrected chi connectivity index (χ3v) is 4.60. The summed E-state index contributed by atoms with van der Waals surface area (Å²) < 4.78 is 5.64. The number of pyridine rings is 1. The smallest absolute Gasteiger partial charge is 0.142 e. The molecule has 0 bridgehead atoms. The van der Waals surface area contributed by atoms with Gasteiger partial charge in [-0.2, -0.15) is 5.26 Å². The van der Waals surface area contributed by atoms with Gasteiger partial charge >= 0.3 is 0 Å². The second kappa shape index (κ2) is 7.92. The lowest BCUT2D eigenvalue weighted by Crippen LogP contribution is -2.00. The summed E-state index contributed by atoms with van der Waals surface area (Å²) in [5, 5.41) is 9.58. The highest BCUT2D eigenvalue weighted by Crippen LogP contribution is 2.32. The van der Waals surface area contributed by atoms with Gasteiger partial charge in [0.25, 0.3) is 0 Å². The van der Waals surface area contributed by atoms with Crippen LogP contribution in [0, 0.1) is 25.2 Å². The van der Waals surface area contributed by atoms with Gasteiger partial charge in [-0.1, -0.05) is 31.2 Å². The van der Waals surface area contributed by atoms with Crippen molar-refractivity contribution in [3.8, 4) is 34.2 Å². The van der Waals surface area contributed by atoms with E-state index in [1.165, 1.54) is 11.1 Å². The van der Waals surface area contributed by atoms with Crippen molar-refractivity contribution in [1.82, 2.24) is 4.98 Å². The summed E-state index contributed by atoms with van der Waals surface area (Å²) in [6, 6.07) is 18.0. The number of hydrogen-bond acceptors (Lipinski definition) is 4. The Balaban J connectivity index is 2.07. The van der Waals surface area contributed by atoms with Gasteiger partial charge in [-0.15, -0.1) is 0 Å². The fourth-order valence-electron chi connectivity index (χ4n) is 2.91. The molecule has 136 valence electrons. The Morgan fingerprint density at radius 1 is 1.00 bits per heavy atom. The highest BCUT2D eigenvalue weighted by Gasteiger charge is 2.14. The van der Waals surface area contributed by atoms with E-state index in [2.05, 4.69) is 44.0 Å². The summed E-state index contributed by atoms with van der Waals surface area (Å²) in [4.78, 5) is 4.46. The Morgan fingerprint density at radius 2 is 1.70 bits per heavy atom. The van der Waals surface area contributed by atoms with Crippen LogP contribution in [0.3, 0.4) is 0 Å². The molecule has 0 saturated carbocycles. The first-order valence-electron chi connectivity index (χ1n) is 9.05. The van der Waals surface area contributed by atoms with Crippen molar-refractivity contribution in [2.45, 2.75) is 27.2 Å². The molecule has 4 nitrogen and oxygen atoms in total. The predicted molar refractivity (Wildman–Crippen MR) is 109 cm³/mol. The monoisotopic (exact) mass is 357 g/mol. The minimum Gasteiger partial charge on any atom is -0.494 e. The zero-order chi connectivity index (χ0) is 19.4. The molecule has 2 aromatic carbocycles. The standard InChI is InChI=1S/C23H23N3O/c1-4-11-27-19-9-7-17(8-10-19)20-13-22(26-23(25)21(20)14-24)18-6-5-15(2)16(3)12-18/h5-10,12-13H,4,11H2,1-3H3,(H2,25,26). The van der Waals surface area contributed by atoms with E-state index in [1.807, 2.05) is 36.4 Å². The van der Waals surface area contributed by atoms with E-state index < -0.39 is 0 Å². The molecule has 27 heavy (non-hydrogen) atoms. The zero-order valence-corrected chi connectivity index (χ0v) is 15.9. The van der Waals surface area contributed by atoms with Crippen molar-refractivity contribution in [3.63, 3.8) is 0 Å². The van der Waals surface area contributed by atoms with E-state index in [0.717, 1.165) is 34.6 Å². The third-order valence-electron chi connectivity index (χ3n) is 4.60. The van der Waals surface area contributed by atoms with Crippen molar-refractivity contribution in [2.24, 2.45) is 0 Å². The minimum atomic E-state index is 0.245. The van der Waals surface area contributed by atoms with Crippen molar-refractivity contribution in [1.29, 1.82) is 5.26 Å². The molecule has 0 fully saturated rings. The first-order chi connectivity index (χ1) is 13.0. The number of ether oxygens (including phenoxy) is 1. The molecule has 0 aliphatic heterocycles. The van der Waals surface area contributed by atoms with E-state index >= 15 is 0 Å². The quantitative estimate of drug-likeness (QED) is 0.675. The fourth-order valence-corrected chi connectivity index (χ4v) is 2.91. The number of hydrogen-bond donors (Lipinski definition) is 1. The van der Waals surface area contributed by atoms with Gasteiger partial charge in [-0.3, -0.25) is 0 Å². The summed E-state index contributed by atoms with van der Waals surface area (Å²) in [6.45, 7) is 6.90. The first-order valence-corrected chi connectivity index (χ1v) is 9.05. The SMILES string of the molecule is CCCOc1ccc(-c2cc(-c3ccc(C)c(C)c3)nc(N)c2C#N)cc1. The Morgan fingerprint density at radius 3 is 2.33 bits per heavy atom. The van der Waals surface area contributed by atoms with Crippen LogP contribution in [-0.4, -0.2) is 11.6 Å². The molecule has 3 rings (SSSR count). The summed E-state index contributed by atoms with van der Waals surface area (Å²) in [7, 11) is 0. The number of anilines is 1. The topological polar surface area (TPSA) is 71.9 Å². The lowest BCUT2D eigenvalue weighted by Gasteiger charge is -2.12. The maximum Gasteiger partial charge on any atom is 0.142 e. The van der Waals surface area contributed by atoms with Crippen molar-refractivity contribution < 1.29 is 4.74 Å². The molecule has 4 heteroatoms. The molecule has 0 radical (unpaired) electrons. The number of rotatable bonds is 5. The molecular formula is C23H23N3O. The van der Waals surface area contributed by atoms with E-state index in [-0.39, 0.29) is 5.82 Å². The Bertz CT molecular complexity index is 1000. The Labute approximate surface area is 160 Å². The van der Waals surface area contributed by atoms with Crippen LogP contribution in [0.5, 0.6) is 5.75 Å². The van der Waals surface area contributed by atoms with Crippen LogP contribution in [0.15, 0.2) is 48.5 Å². The maximum atomic E-state index is 9.58. The molecule has 1 aromatic heterocycles. The van der Waals surface area contributed by atoms with Gasteiger partial charge < -0.3 is 10.5 Å². The van der Waals surface area contributed by atoms with E-state index in [9.17, 15) is 5.26 Å². The molecule has 1 heterocycles. The van der Waals surface area contributed by atoms with Crippen LogP contribution in [0.25, 0.3) is 22.4 Å². The van der Waals surface area contributed by atoms with Crippen LogP contribution >= 0.6 is 0 Å². The van der Waals surface area contributed by atoms with Crippen molar-refractivity contribution in [2.75, 3.05) is 12.3 Å². The number of benzene rings is 2. The summed E-state index contributed by atoms with van der Waals surface area (Å²) in [5.41, 5.74) is 12.4. The predicted octanol–water partition coefficient (Wildman–Crippen LogP) is 5.28. The second-order valence-corrected chi connectivity index (χ2v) is 6.60. The van der Waals surface area contributed by atoms with Gasteiger partial charge in [0.2, 0.25) is 0 Å². The normalized spacial score (nSPS) is 10.4. The van der Waals surface area contributed by atoms with Gasteiger partial charge in [-0.25, -0.2) is 4.98 Å². The molecule has 2 N–H and O–H groups in total. The summed E-state index contributed by atoms with van der Waals surface area (Å²) in [5.74, 6) is 1.06. The van der Waals surface area contributed by atoms with Crippen LogP contribution in [0.1, 0.15) is 30.0 Å². The van der Waals surface area contributed by atoms with Gasteiger partial charge in [-0.05, 0) is 61.2 Å². The Hall–Kier alpha value is -3.32. The largest absolute Gasteiger partial charge is 0.494 e. The van der Waals surface area contributed by atoms with E-state index in [4.69, 9.17) is 10.5 Å². The van der Waals surface area contributed by atoms with E-state index in [0.29, 0.717) is 12.2 Å². The van der Waals surface area contributed by atoms with Crippen LogP contribution < -0.4 is 10.5 Å². The van der Waals surface area contributed by atoms with Crippen LogP contribution in [-0.2, 0) is 0 Å². The van der Waals surface area contributed by atoms with Crippen molar-refractivity contribution >= 4 is 5.82 Å². The van der Waals surface area contributed by atoms with Crippen molar-refractivity contribution in [3.05, 3.63) is 65.2 Å².